The zero-order chi connectivity index (χ0) is 22.0. The number of carboxylic acid groups (broad SMARTS) is 1. The molecule has 9 heteroatoms. The molecule has 4 rings (SSSR count). The van der Waals surface area contributed by atoms with Gasteiger partial charge in [-0.3, -0.25) is 4.79 Å². The average Bonchev–Trinajstić information content (AvgIpc) is 2.92. The molecule has 1 fully saturated rings. The first-order chi connectivity index (χ1) is 14.9. The lowest BCUT2D eigenvalue weighted by atomic mass is 10.1. The Morgan fingerprint density at radius 2 is 1.84 bits per heavy atom. The molecule has 3 aromatic rings. The summed E-state index contributed by atoms with van der Waals surface area (Å²) < 4.78 is 2.14. The van der Waals surface area contributed by atoms with Crippen LogP contribution in [0.15, 0.2) is 30.6 Å². The molecule has 162 valence electrons. The van der Waals surface area contributed by atoms with Gasteiger partial charge in [-0.1, -0.05) is 25.7 Å². The number of rotatable bonds is 6. The number of carboxylic acids is 1. The molecular weight excluding hydrogens is 413 g/mol. The standard InChI is InChI=1S/C22H26N5O3P/c1-31(2)21(30)17-11-15-13-24-22(25-18-10-9-14(12-23-18)20(28)29)26-19(15)27(17)16-7-5-3-4-6-8-16/h9-13,16H,3-8H2,1-2H3,(H,28,29)(H,23,24,25,26). The summed E-state index contributed by atoms with van der Waals surface area (Å²) in [6, 6.07) is 5.24. The fourth-order valence-corrected chi connectivity index (χ4v) is 4.69. The van der Waals surface area contributed by atoms with Gasteiger partial charge >= 0.3 is 5.97 Å². The maximum Gasteiger partial charge on any atom is 0.337 e. The summed E-state index contributed by atoms with van der Waals surface area (Å²) in [5, 5.41) is 12.9. The van der Waals surface area contributed by atoms with Crippen molar-refractivity contribution in [1.29, 1.82) is 0 Å². The number of pyridine rings is 1. The molecule has 31 heavy (non-hydrogen) atoms. The molecule has 0 amide bonds. The van der Waals surface area contributed by atoms with Crippen LogP contribution in [0.1, 0.15) is 65.4 Å². The van der Waals surface area contributed by atoms with Crippen molar-refractivity contribution < 1.29 is 14.7 Å². The van der Waals surface area contributed by atoms with E-state index in [2.05, 4.69) is 19.9 Å². The van der Waals surface area contributed by atoms with Crippen molar-refractivity contribution in [2.75, 3.05) is 18.6 Å². The van der Waals surface area contributed by atoms with Crippen LogP contribution in [-0.2, 0) is 0 Å². The van der Waals surface area contributed by atoms with Crippen molar-refractivity contribution in [2.45, 2.75) is 44.6 Å². The minimum atomic E-state index is -1.03. The van der Waals surface area contributed by atoms with E-state index >= 15 is 0 Å². The Hall–Kier alpha value is -2.86. The number of aromatic nitrogens is 4. The van der Waals surface area contributed by atoms with E-state index in [0.29, 0.717) is 11.8 Å². The molecule has 0 aromatic carbocycles. The van der Waals surface area contributed by atoms with Gasteiger partial charge in [0.1, 0.15) is 11.5 Å². The van der Waals surface area contributed by atoms with Gasteiger partial charge < -0.3 is 15.0 Å². The van der Waals surface area contributed by atoms with E-state index in [4.69, 9.17) is 10.1 Å². The molecule has 0 bridgehead atoms. The Balaban J connectivity index is 1.73. The number of aromatic carboxylic acids is 1. The van der Waals surface area contributed by atoms with Crippen molar-refractivity contribution in [3.8, 4) is 0 Å². The van der Waals surface area contributed by atoms with E-state index in [0.717, 1.165) is 42.4 Å². The number of hydrogen-bond donors (Lipinski definition) is 2. The fraction of sp³-hybridized carbons (Fsp3) is 0.409. The maximum atomic E-state index is 13.0. The molecule has 2 N–H and O–H groups in total. The molecule has 8 nitrogen and oxygen atoms in total. The number of carbonyl (C=O) groups is 2. The van der Waals surface area contributed by atoms with Crippen molar-refractivity contribution >= 4 is 42.2 Å². The Kier molecular flexibility index (Phi) is 6.28. The summed E-state index contributed by atoms with van der Waals surface area (Å²) in [7, 11) is -0.756. The minimum absolute atomic E-state index is 0.114. The summed E-state index contributed by atoms with van der Waals surface area (Å²) in [6.07, 6.45) is 9.87. The van der Waals surface area contributed by atoms with Gasteiger partial charge in [0.2, 0.25) is 5.95 Å². The molecule has 0 saturated heterocycles. The summed E-state index contributed by atoms with van der Waals surface area (Å²) >= 11 is 0. The zero-order valence-corrected chi connectivity index (χ0v) is 18.6. The molecule has 0 radical (unpaired) electrons. The van der Waals surface area contributed by atoms with Crippen molar-refractivity contribution in [3.05, 3.63) is 41.9 Å². The van der Waals surface area contributed by atoms with E-state index in [-0.39, 0.29) is 17.1 Å². The van der Waals surface area contributed by atoms with Crippen LogP contribution in [0.2, 0.25) is 0 Å². The number of nitrogens with zero attached hydrogens (tertiary/aromatic N) is 4. The minimum Gasteiger partial charge on any atom is -0.478 e. The molecule has 1 saturated carbocycles. The SMILES string of the molecule is CP(C)C(=O)c1cc2cnc(Nc3ccc(C(=O)O)cn3)nc2n1C1CCCCCC1. The van der Waals surface area contributed by atoms with Gasteiger partial charge in [0.15, 0.2) is 5.52 Å². The number of nitrogens with one attached hydrogen (secondary N) is 1. The van der Waals surface area contributed by atoms with Gasteiger partial charge in [-0.2, -0.15) is 4.98 Å². The molecule has 3 aromatic heterocycles. The summed E-state index contributed by atoms with van der Waals surface area (Å²) in [4.78, 5) is 37.3. The van der Waals surface area contributed by atoms with E-state index in [1.165, 1.54) is 25.1 Å². The highest BCUT2D eigenvalue weighted by Crippen LogP contribution is 2.37. The topological polar surface area (TPSA) is 110 Å². The second-order valence-electron chi connectivity index (χ2n) is 8.08. The van der Waals surface area contributed by atoms with Gasteiger partial charge in [-0.05, 0) is 52.3 Å². The summed E-state index contributed by atoms with van der Waals surface area (Å²) in [5.74, 6) is -0.203. The lowest BCUT2D eigenvalue weighted by Crippen LogP contribution is -2.15. The normalized spacial score (nSPS) is 15.2. The predicted octanol–water partition coefficient (Wildman–Crippen LogP) is 5.05. The molecule has 1 aliphatic rings. The highest BCUT2D eigenvalue weighted by Gasteiger charge is 2.25. The molecule has 0 aliphatic heterocycles. The van der Waals surface area contributed by atoms with Crippen LogP contribution >= 0.6 is 7.92 Å². The van der Waals surface area contributed by atoms with Gasteiger partial charge in [0.05, 0.1) is 11.3 Å². The monoisotopic (exact) mass is 439 g/mol. The van der Waals surface area contributed by atoms with E-state index in [1.54, 1.807) is 12.3 Å². The lowest BCUT2D eigenvalue weighted by Gasteiger charge is -2.21. The quantitative estimate of drug-likeness (QED) is 0.409. The molecule has 0 atom stereocenters. The predicted molar refractivity (Wildman–Crippen MR) is 122 cm³/mol. The highest BCUT2D eigenvalue weighted by atomic mass is 31.1. The van der Waals surface area contributed by atoms with Crippen molar-refractivity contribution in [2.24, 2.45) is 0 Å². The van der Waals surface area contributed by atoms with E-state index in [9.17, 15) is 9.59 Å². The van der Waals surface area contributed by atoms with Gasteiger partial charge in [0.25, 0.3) is 0 Å². The van der Waals surface area contributed by atoms with Crippen molar-refractivity contribution in [3.63, 3.8) is 0 Å². The van der Waals surface area contributed by atoms with Gasteiger partial charge in [0, 0.05) is 23.8 Å². The third-order valence-electron chi connectivity index (χ3n) is 5.64. The Bertz CT molecular complexity index is 1100. The van der Waals surface area contributed by atoms with Crippen LogP contribution in [0, 0.1) is 0 Å². The molecule has 1 aliphatic carbocycles. The lowest BCUT2D eigenvalue weighted by molar-refractivity contribution is 0.0696. The zero-order valence-electron chi connectivity index (χ0n) is 17.7. The Morgan fingerprint density at radius 1 is 1.10 bits per heavy atom. The van der Waals surface area contributed by atoms with Gasteiger partial charge in [-0.25, -0.2) is 14.8 Å². The number of hydrogen-bond acceptors (Lipinski definition) is 6. The largest absolute Gasteiger partial charge is 0.478 e. The van der Waals surface area contributed by atoms with E-state index < -0.39 is 13.9 Å². The first kappa shape index (κ1) is 21.4. The summed E-state index contributed by atoms with van der Waals surface area (Å²) in [6.45, 7) is 3.97. The second-order valence-corrected chi connectivity index (χ2v) is 10.3. The van der Waals surface area contributed by atoms with Crippen LogP contribution in [0.5, 0.6) is 0 Å². The van der Waals surface area contributed by atoms with E-state index in [1.807, 2.05) is 19.4 Å². The summed E-state index contributed by atoms with van der Waals surface area (Å²) in [5.41, 5.74) is 1.78. The Morgan fingerprint density at radius 3 is 2.45 bits per heavy atom. The third-order valence-corrected chi connectivity index (χ3v) is 6.68. The number of anilines is 2. The van der Waals surface area contributed by atoms with Crippen LogP contribution < -0.4 is 5.32 Å². The molecular formula is C22H26N5O3P. The van der Waals surface area contributed by atoms with Gasteiger partial charge in [-0.15, -0.1) is 0 Å². The maximum absolute atomic E-state index is 13.0. The van der Waals surface area contributed by atoms with Crippen LogP contribution in [0.4, 0.5) is 11.8 Å². The Labute approximate surface area is 181 Å². The fourth-order valence-electron chi connectivity index (χ4n) is 4.06. The molecule has 3 heterocycles. The smallest absolute Gasteiger partial charge is 0.337 e. The average molecular weight is 439 g/mol. The molecule has 0 unspecified atom stereocenters. The third kappa shape index (κ3) is 4.59. The first-order valence-electron chi connectivity index (χ1n) is 10.5. The van der Waals surface area contributed by atoms with Crippen molar-refractivity contribution in [1.82, 2.24) is 19.5 Å². The number of fused-ring (bicyclic) bond motifs is 1. The van der Waals surface area contributed by atoms with Crippen LogP contribution in [-0.4, -0.2) is 49.4 Å². The second kappa shape index (κ2) is 9.10. The van der Waals surface area contributed by atoms with Crippen LogP contribution in [0.25, 0.3) is 11.0 Å². The molecule has 0 spiro atoms. The number of carbonyl (C=O) groups excluding carboxylic acids is 1. The van der Waals surface area contributed by atoms with Crippen LogP contribution in [0.3, 0.4) is 0 Å². The first-order valence-corrected chi connectivity index (χ1v) is 12.7. The highest BCUT2D eigenvalue weighted by molar-refractivity contribution is 7.74.